The molecule has 1 heterocycles. The maximum atomic E-state index is 12.1. The molecule has 3 N–H and O–H groups in total. The summed E-state index contributed by atoms with van der Waals surface area (Å²) >= 11 is 6.58. The van der Waals surface area contributed by atoms with E-state index in [9.17, 15) is 13.0 Å². The van der Waals surface area contributed by atoms with E-state index in [2.05, 4.69) is 0 Å². The molecule has 1 aromatic carbocycles. The first-order valence-electron chi connectivity index (χ1n) is 6.48. The molecule has 0 atom stereocenters. The second kappa shape index (κ2) is 7.48. The number of hydrogen-bond acceptors (Lipinski definition) is 5. The van der Waals surface area contributed by atoms with Crippen LogP contribution in [0, 0.1) is 0 Å². The maximum Gasteiger partial charge on any atom is 0.340 e. The van der Waals surface area contributed by atoms with Crippen LogP contribution in [0.1, 0.15) is 6.42 Å². The zero-order valence-electron chi connectivity index (χ0n) is 11.8. The molecule has 0 fully saturated rings. The Morgan fingerprint density at radius 1 is 1.30 bits per heavy atom. The molecule has 0 saturated heterocycles. The van der Waals surface area contributed by atoms with Crippen LogP contribution in [0.3, 0.4) is 0 Å². The largest absolute Gasteiger partial charge is 0.494 e. The summed E-state index contributed by atoms with van der Waals surface area (Å²) in [5, 5.41) is 0.676. The first kappa shape index (κ1) is 18.7. The SMILES string of the molecule is O=P(O)(O)CNS(=O)(=O)c1cc2cc(OCCCCl)ccc2s1. The molecular weight excluding hydrogens is 385 g/mol. The van der Waals surface area contributed by atoms with E-state index in [1.54, 1.807) is 18.2 Å². The number of nitrogens with one attached hydrogen (secondary N) is 1. The van der Waals surface area contributed by atoms with Crippen molar-refractivity contribution in [2.45, 2.75) is 10.6 Å². The Labute approximate surface area is 142 Å². The summed E-state index contributed by atoms with van der Waals surface area (Å²) in [6, 6.07) is 6.61. The fraction of sp³-hybridized carbons (Fsp3) is 0.333. The molecule has 7 nitrogen and oxygen atoms in total. The van der Waals surface area contributed by atoms with Crippen molar-refractivity contribution < 1.29 is 27.5 Å². The lowest BCUT2D eigenvalue weighted by molar-refractivity contribution is 0.319. The van der Waals surface area contributed by atoms with Gasteiger partial charge in [0, 0.05) is 10.6 Å². The smallest absolute Gasteiger partial charge is 0.340 e. The maximum absolute atomic E-state index is 12.1. The van der Waals surface area contributed by atoms with E-state index in [4.69, 9.17) is 26.1 Å². The first-order valence-corrected chi connectivity index (χ1v) is 11.1. The van der Waals surface area contributed by atoms with E-state index >= 15 is 0 Å². The number of halogens is 1. The Morgan fingerprint density at radius 3 is 2.70 bits per heavy atom. The first-order chi connectivity index (χ1) is 10.7. The number of hydrogen-bond donors (Lipinski definition) is 3. The fourth-order valence-corrected chi connectivity index (χ4v) is 5.25. The minimum absolute atomic E-state index is 0.0149. The molecule has 0 radical (unpaired) electrons. The summed E-state index contributed by atoms with van der Waals surface area (Å²) in [6.45, 7) is 0.466. The monoisotopic (exact) mass is 399 g/mol. The average molecular weight is 400 g/mol. The molecule has 0 spiro atoms. The van der Waals surface area contributed by atoms with Gasteiger partial charge in [0.15, 0.2) is 0 Å². The van der Waals surface area contributed by atoms with Gasteiger partial charge >= 0.3 is 7.60 Å². The molecule has 2 rings (SSSR count). The highest BCUT2D eigenvalue weighted by Crippen LogP contribution is 2.35. The standard InChI is InChI=1S/C12H15ClNO6PS2/c13-4-1-5-20-10-2-3-11-9(6-10)7-12(22-11)23(18,19)14-8-21(15,16)17/h2-3,6-7,14H,1,4-5,8H2,(H2,15,16,17). The van der Waals surface area contributed by atoms with Crippen molar-refractivity contribution in [3.63, 3.8) is 0 Å². The third-order valence-electron chi connectivity index (χ3n) is 2.74. The highest BCUT2D eigenvalue weighted by Gasteiger charge is 2.22. The zero-order chi connectivity index (χ0) is 17.1. The van der Waals surface area contributed by atoms with Gasteiger partial charge in [-0.1, -0.05) is 0 Å². The Balaban J connectivity index is 2.20. The van der Waals surface area contributed by atoms with Crippen LogP contribution in [0.25, 0.3) is 10.1 Å². The Morgan fingerprint density at radius 2 is 2.04 bits per heavy atom. The average Bonchev–Trinajstić information content (AvgIpc) is 2.89. The van der Waals surface area contributed by atoms with Crippen LogP contribution < -0.4 is 9.46 Å². The number of thiophene rings is 1. The van der Waals surface area contributed by atoms with Crippen LogP contribution >= 0.6 is 30.5 Å². The van der Waals surface area contributed by atoms with Crippen LogP contribution in [0.5, 0.6) is 5.75 Å². The predicted molar refractivity (Wildman–Crippen MR) is 89.9 cm³/mol. The summed E-state index contributed by atoms with van der Waals surface area (Å²) < 4.78 is 43.0. The van der Waals surface area contributed by atoms with Gasteiger partial charge in [0.25, 0.3) is 10.0 Å². The van der Waals surface area contributed by atoms with Crippen molar-refractivity contribution in [2.75, 3.05) is 18.8 Å². The lowest BCUT2D eigenvalue weighted by Crippen LogP contribution is -2.23. The minimum Gasteiger partial charge on any atom is -0.494 e. The number of benzene rings is 1. The van der Waals surface area contributed by atoms with Crippen LogP contribution in [-0.2, 0) is 14.6 Å². The Bertz CT molecular complexity index is 831. The summed E-state index contributed by atoms with van der Waals surface area (Å²) in [5.74, 6) is 1.10. The summed E-state index contributed by atoms with van der Waals surface area (Å²) in [4.78, 5) is 17.5. The van der Waals surface area contributed by atoms with Crippen molar-refractivity contribution in [2.24, 2.45) is 0 Å². The highest BCUT2D eigenvalue weighted by molar-refractivity contribution is 7.92. The predicted octanol–water partition coefficient (Wildman–Crippen LogP) is 2.32. The molecule has 0 aliphatic heterocycles. The highest BCUT2D eigenvalue weighted by atomic mass is 35.5. The van der Waals surface area contributed by atoms with Crippen LogP contribution in [0.2, 0.25) is 0 Å². The second-order valence-electron chi connectivity index (χ2n) is 4.63. The molecule has 0 aliphatic carbocycles. The van der Waals surface area contributed by atoms with Gasteiger partial charge in [-0.3, -0.25) is 4.57 Å². The number of rotatable bonds is 8. The van der Waals surface area contributed by atoms with Gasteiger partial charge in [-0.2, -0.15) is 4.72 Å². The molecule has 0 saturated carbocycles. The third-order valence-corrected chi connectivity index (χ3v) is 6.78. The summed E-state index contributed by atoms with van der Waals surface area (Å²) in [5.41, 5.74) is 0. The molecule has 0 amide bonds. The van der Waals surface area contributed by atoms with Gasteiger partial charge in [0.05, 0.1) is 6.61 Å². The second-order valence-corrected chi connectivity index (χ2v) is 9.73. The van der Waals surface area contributed by atoms with Crippen molar-refractivity contribution in [3.05, 3.63) is 24.3 Å². The molecule has 1 aromatic heterocycles. The molecule has 23 heavy (non-hydrogen) atoms. The Kier molecular flexibility index (Phi) is 6.07. The van der Waals surface area contributed by atoms with E-state index in [0.717, 1.165) is 16.0 Å². The molecule has 128 valence electrons. The molecule has 0 bridgehead atoms. The molecular formula is C12H15ClNO6PS2. The van der Waals surface area contributed by atoms with Crippen molar-refractivity contribution in [1.82, 2.24) is 4.72 Å². The molecule has 0 unspecified atom stereocenters. The van der Waals surface area contributed by atoms with Gasteiger partial charge in [0.1, 0.15) is 16.2 Å². The number of sulfonamides is 1. The van der Waals surface area contributed by atoms with Gasteiger partial charge in [-0.05, 0) is 36.1 Å². The Hall–Kier alpha value is -0.670. The fourth-order valence-electron chi connectivity index (χ4n) is 1.70. The normalized spacial score (nSPS) is 12.7. The van der Waals surface area contributed by atoms with Gasteiger partial charge in [-0.15, -0.1) is 22.9 Å². The number of alkyl halides is 1. The van der Waals surface area contributed by atoms with Gasteiger partial charge < -0.3 is 14.5 Å². The molecule has 2 aromatic rings. The van der Waals surface area contributed by atoms with Crippen LogP contribution in [0.4, 0.5) is 0 Å². The quantitative estimate of drug-likeness (QED) is 0.356. The number of fused-ring (bicyclic) bond motifs is 1. The van der Waals surface area contributed by atoms with Crippen molar-refractivity contribution in [3.8, 4) is 5.75 Å². The van der Waals surface area contributed by atoms with E-state index in [1.807, 2.05) is 4.72 Å². The molecule has 11 heteroatoms. The summed E-state index contributed by atoms with van der Waals surface area (Å²) in [6.07, 6.45) is -0.231. The van der Waals surface area contributed by atoms with Crippen molar-refractivity contribution >= 4 is 50.6 Å². The molecule has 0 aliphatic rings. The van der Waals surface area contributed by atoms with Crippen molar-refractivity contribution in [1.29, 1.82) is 0 Å². The third kappa shape index (κ3) is 5.42. The number of ether oxygens (including phenoxy) is 1. The van der Waals surface area contributed by atoms with Gasteiger partial charge in [-0.25, -0.2) is 8.42 Å². The van der Waals surface area contributed by atoms with Crippen LogP contribution in [-0.4, -0.2) is 37.0 Å². The lowest BCUT2D eigenvalue weighted by atomic mass is 10.2. The van der Waals surface area contributed by atoms with Crippen LogP contribution in [0.15, 0.2) is 28.5 Å². The van der Waals surface area contributed by atoms with E-state index in [-0.39, 0.29) is 4.21 Å². The minimum atomic E-state index is -4.46. The summed E-state index contributed by atoms with van der Waals surface area (Å²) in [7, 11) is -8.43. The van der Waals surface area contributed by atoms with E-state index in [0.29, 0.717) is 30.0 Å². The lowest BCUT2D eigenvalue weighted by Gasteiger charge is -2.05. The topological polar surface area (TPSA) is 113 Å². The van der Waals surface area contributed by atoms with E-state index < -0.39 is 23.9 Å². The zero-order valence-corrected chi connectivity index (χ0v) is 15.1. The van der Waals surface area contributed by atoms with Gasteiger partial charge in [0.2, 0.25) is 0 Å². The van der Waals surface area contributed by atoms with E-state index in [1.165, 1.54) is 6.07 Å².